The molecule has 3 rings (SSSR count). The number of likely N-dealkylation sites (tertiary alicyclic amines) is 1. The van der Waals surface area contributed by atoms with Crippen molar-refractivity contribution in [3.05, 3.63) is 47.0 Å². The van der Waals surface area contributed by atoms with Crippen LogP contribution in [0.2, 0.25) is 0 Å². The van der Waals surface area contributed by atoms with E-state index in [1.807, 2.05) is 24.8 Å². The Bertz CT molecular complexity index is 601. The van der Waals surface area contributed by atoms with Crippen molar-refractivity contribution in [2.45, 2.75) is 32.7 Å². The van der Waals surface area contributed by atoms with Crippen molar-refractivity contribution in [2.75, 3.05) is 6.54 Å². The molecule has 5 nitrogen and oxygen atoms in total. The molecule has 104 valence electrons. The van der Waals surface area contributed by atoms with Gasteiger partial charge in [-0.3, -0.25) is 14.9 Å². The summed E-state index contributed by atoms with van der Waals surface area (Å²) < 4.78 is 0. The lowest BCUT2D eigenvalue weighted by atomic mass is 10.0. The predicted octanol–water partition coefficient (Wildman–Crippen LogP) is 2.40. The molecular formula is C15H18N4O. The smallest absolute Gasteiger partial charge is 0.255 e. The molecule has 1 atom stereocenters. The highest BCUT2D eigenvalue weighted by Crippen LogP contribution is 2.35. The fraction of sp³-hybridized carbons (Fsp3) is 0.400. The Kier molecular flexibility index (Phi) is 3.26. The van der Waals surface area contributed by atoms with Crippen molar-refractivity contribution >= 4 is 5.91 Å². The molecule has 1 N–H and O–H groups in total. The van der Waals surface area contributed by atoms with Gasteiger partial charge in [-0.1, -0.05) is 0 Å². The van der Waals surface area contributed by atoms with E-state index in [4.69, 9.17) is 0 Å². The number of carbonyl (C=O) groups is 1. The molecule has 5 heteroatoms. The van der Waals surface area contributed by atoms with Gasteiger partial charge in [-0.25, -0.2) is 0 Å². The summed E-state index contributed by atoms with van der Waals surface area (Å²) in [6, 6.07) is 3.74. The molecule has 0 aromatic carbocycles. The largest absolute Gasteiger partial charge is 0.331 e. The summed E-state index contributed by atoms with van der Waals surface area (Å²) in [4.78, 5) is 18.6. The molecule has 0 radical (unpaired) electrons. The first-order valence-electron chi connectivity index (χ1n) is 6.91. The highest BCUT2D eigenvalue weighted by atomic mass is 16.2. The van der Waals surface area contributed by atoms with Crippen molar-refractivity contribution < 1.29 is 4.79 Å². The van der Waals surface area contributed by atoms with Crippen molar-refractivity contribution in [2.24, 2.45) is 0 Å². The number of hydrogen-bond donors (Lipinski definition) is 1. The second-order valence-corrected chi connectivity index (χ2v) is 5.25. The number of aromatic amines is 1. The quantitative estimate of drug-likeness (QED) is 0.911. The molecule has 1 aliphatic heterocycles. The van der Waals surface area contributed by atoms with Crippen molar-refractivity contribution in [1.29, 1.82) is 0 Å². The molecule has 1 fully saturated rings. The first kappa shape index (κ1) is 12.8. The van der Waals surface area contributed by atoms with Gasteiger partial charge in [0, 0.05) is 30.2 Å². The van der Waals surface area contributed by atoms with Gasteiger partial charge < -0.3 is 4.90 Å². The summed E-state index contributed by atoms with van der Waals surface area (Å²) >= 11 is 0. The van der Waals surface area contributed by atoms with Gasteiger partial charge in [-0.2, -0.15) is 5.10 Å². The fourth-order valence-electron chi connectivity index (χ4n) is 3.02. The zero-order valence-corrected chi connectivity index (χ0v) is 11.8. The van der Waals surface area contributed by atoms with Crippen LogP contribution in [0.25, 0.3) is 0 Å². The highest BCUT2D eigenvalue weighted by Gasteiger charge is 2.33. The minimum Gasteiger partial charge on any atom is -0.331 e. The SMILES string of the molecule is Cc1n[nH]c(C)c1[C@@H]1CCCN1C(=O)c1cccnc1. The molecule has 0 spiro atoms. The zero-order valence-electron chi connectivity index (χ0n) is 11.8. The summed E-state index contributed by atoms with van der Waals surface area (Å²) in [5.74, 6) is 0.0561. The lowest BCUT2D eigenvalue weighted by Crippen LogP contribution is -2.31. The average molecular weight is 270 g/mol. The molecule has 3 heterocycles. The van der Waals surface area contributed by atoms with Crippen LogP contribution < -0.4 is 0 Å². The van der Waals surface area contributed by atoms with Crippen LogP contribution in [0.15, 0.2) is 24.5 Å². The summed E-state index contributed by atoms with van der Waals surface area (Å²) in [6.45, 7) is 4.80. The van der Waals surface area contributed by atoms with E-state index in [0.29, 0.717) is 5.56 Å². The van der Waals surface area contributed by atoms with E-state index in [1.54, 1.807) is 18.5 Å². The van der Waals surface area contributed by atoms with E-state index in [9.17, 15) is 4.79 Å². The Morgan fingerprint density at radius 1 is 1.45 bits per heavy atom. The van der Waals surface area contributed by atoms with Crippen LogP contribution in [0.4, 0.5) is 0 Å². The third-order valence-corrected chi connectivity index (χ3v) is 3.94. The minimum absolute atomic E-state index is 0.0561. The van der Waals surface area contributed by atoms with E-state index in [1.165, 1.54) is 5.56 Å². The Morgan fingerprint density at radius 3 is 2.95 bits per heavy atom. The maximum Gasteiger partial charge on any atom is 0.255 e. The lowest BCUT2D eigenvalue weighted by Gasteiger charge is -2.25. The molecule has 0 bridgehead atoms. The second kappa shape index (κ2) is 5.07. The number of carbonyl (C=O) groups excluding carboxylic acids is 1. The average Bonchev–Trinajstić information content (AvgIpc) is 3.06. The number of H-pyrrole nitrogens is 1. The van der Waals surface area contributed by atoms with E-state index in [-0.39, 0.29) is 11.9 Å². The maximum atomic E-state index is 12.6. The zero-order chi connectivity index (χ0) is 14.1. The van der Waals surface area contributed by atoms with Crippen molar-refractivity contribution in [3.63, 3.8) is 0 Å². The van der Waals surface area contributed by atoms with Gasteiger partial charge in [0.05, 0.1) is 17.3 Å². The van der Waals surface area contributed by atoms with E-state index >= 15 is 0 Å². The number of aromatic nitrogens is 3. The number of nitrogens with zero attached hydrogens (tertiary/aromatic N) is 3. The Morgan fingerprint density at radius 2 is 2.30 bits per heavy atom. The fourth-order valence-corrected chi connectivity index (χ4v) is 3.02. The lowest BCUT2D eigenvalue weighted by molar-refractivity contribution is 0.0734. The topological polar surface area (TPSA) is 61.9 Å². The van der Waals surface area contributed by atoms with Crippen molar-refractivity contribution in [3.8, 4) is 0 Å². The molecule has 1 amide bonds. The Balaban J connectivity index is 1.92. The number of nitrogens with one attached hydrogen (secondary N) is 1. The molecule has 2 aromatic rings. The monoisotopic (exact) mass is 270 g/mol. The van der Waals surface area contributed by atoms with Crippen LogP contribution in [0.5, 0.6) is 0 Å². The van der Waals surface area contributed by atoms with Crippen molar-refractivity contribution in [1.82, 2.24) is 20.1 Å². The predicted molar refractivity (Wildman–Crippen MR) is 75.3 cm³/mol. The molecule has 0 saturated carbocycles. The van der Waals surface area contributed by atoms with Gasteiger partial charge >= 0.3 is 0 Å². The van der Waals surface area contributed by atoms with E-state index in [2.05, 4.69) is 15.2 Å². The molecule has 20 heavy (non-hydrogen) atoms. The minimum atomic E-state index is 0.0561. The first-order chi connectivity index (χ1) is 9.68. The summed E-state index contributed by atoms with van der Waals surface area (Å²) in [6.07, 6.45) is 5.34. The molecule has 0 unspecified atom stereocenters. The molecule has 1 saturated heterocycles. The highest BCUT2D eigenvalue weighted by molar-refractivity contribution is 5.94. The first-order valence-corrected chi connectivity index (χ1v) is 6.91. The molecular weight excluding hydrogens is 252 g/mol. The van der Waals surface area contributed by atoms with Gasteiger partial charge in [0.15, 0.2) is 0 Å². The van der Waals surface area contributed by atoms with Crippen LogP contribution >= 0.6 is 0 Å². The van der Waals surface area contributed by atoms with Crippen LogP contribution in [0.3, 0.4) is 0 Å². The number of amides is 1. The Labute approximate surface area is 118 Å². The third kappa shape index (κ3) is 2.09. The molecule has 0 aliphatic carbocycles. The van der Waals surface area contributed by atoms with Crippen LogP contribution in [-0.4, -0.2) is 32.5 Å². The third-order valence-electron chi connectivity index (χ3n) is 3.94. The number of hydrogen-bond acceptors (Lipinski definition) is 3. The summed E-state index contributed by atoms with van der Waals surface area (Å²) in [5, 5.41) is 7.26. The normalized spacial score (nSPS) is 18.5. The van der Waals surface area contributed by atoms with E-state index < -0.39 is 0 Å². The standard InChI is InChI=1S/C15H18N4O/c1-10-14(11(2)18-17-10)13-6-4-8-19(13)15(20)12-5-3-7-16-9-12/h3,5,7,9,13H,4,6,8H2,1-2H3,(H,17,18)/t13-/m0/s1. The van der Waals surface area contributed by atoms with Gasteiger partial charge in [0.1, 0.15) is 0 Å². The van der Waals surface area contributed by atoms with Gasteiger partial charge in [0.25, 0.3) is 5.91 Å². The number of rotatable bonds is 2. The van der Waals surface area contributed by atoms with Crippen LogP contribution in [0.1, 0.15) is 46.2 Å². The second-order valence-electron chi connectivity index (χ2n) is 5.25. The van der Waals surface area contributed by atoms with Crippen LogP contribution in [-0.2, 0) is 0 Å². The Hall–Kier alpha value is -2.17. The summed E-state index contributed by atoms with van der Waals surface area (Å²) in [7, 11) is 0. The van der Waals surface area contributed by atoms with Gasteiger partial charge in [0.2, 0.25) is 0 Å². The molecule has 1 aliphatic rings. The van der Waals surface area contributed by atoms with Gasteiger partial charge in [-0.15, -0.1) is 0 Å². The van der Waals surface area contributed by atoms with Crippen LogP contribution in [0, 0.1) is 13.8 Å². The summed E-state index contributed by atoms with van der Waals surface area (Å²) in [5.41, 5.74) is 3.86. The number of aryl methyl sites for hydroxylation is 2. The maximum absolute atomic E-state index is 12.6. The number of pyridine rings is 1. The van der Waals surface area contributed by atoms with E-state index in [0.717, 1.165) is 30.8 Å². The molecule has 2 aromatic heterocycles. The van der Waals surface area contributed by atoms with Gasteiger partial charge in [-0.05, 0) is 38.8 Å².